The van der Waals surface area contributed by atoms with Crippen LogP contribution in [0.4, 0.5) is 0 Å². The summed E-state index contributed by atoms with van der Waals surface area (Å²) in [6.07, 6.45) is 3.74. The van der Waals surface area contributed by atoms with Gasteiger partial charge in [0.25, 0.3) is 0 Å². The summed E-state index contributed by atoms with van der Waals surface area (Å²) in [6, 6.07) is 12.2. The zero-order valence-electron chi connectivity index (χ0n) is 11.9. The van der Waals surface area contributed by atoms with Crippen LogP contribution in [0.25, 0.3) is 0 Å². The molecule has 1 atom stereocenters. The third-order valence-corrected chi connectivity index (χ3v) is 4.83. The van der Waals surface area contributed by atoms with E-state index in [1.807, 2.05) is 24.3 Å². The van der Waals surface area contributed by atoms with E-state index in [4.69, 9.17) is 22.1 Å². The van der Waals surface area contributed by atoms with Gasteiger partial charge in [0, 0.05) is 22.4 Å². The summed E-state index contributed by atoms with van der Waals surface area (Å²) in [5.74, 6) is 0.983. The zero-order chi connectivity index (χ0) is 14.8. The fourth-order valence-electron chi connectivity index (χ4n) is 2.82. The number of ether oxygens (including phenoxy) is 1. The molecular formula is C17H18ClNOS. The largest absolute Gasteiger partial charge is 0.493 e. The molecule has 1 heterocycles. The normalized spacial score (nSPS) is 14.6. The third-order valence-electron chi connectivity index (χ3n) is 3.80. The maximum Gasteiger partial charge on any atom is 0.125 e. The molecule has 0 amide bonds. The van der Waals surface area contributed by atoms with Crippen LogP contribution in [-0.4, -0.2) is 12.9 Å². The Morgan fingerprint density at radius 3 is 2.95 bits per heavy atom. The minimum absolute atomic E-state index is 0.0552. The first-order valence-corrected chi connectivity index (χ1v) is 8.62. The van der Waals surface area contributed by atoms with Crippen molar-refractivity contribution in [2.45, 2.75) is 23.8 Å². The first-order chi connectivity index (χ1) is 10.2. The minimum Gasteiger partial charge on any atom is -0.493 e. The maximum atomic E-state index is 6.44. The Morgan fingerprint density at radius 2 is 2.14 bits per heavy atom. The lowest BCUT2D eigenvalue weighted by Crippen LogP contribution is -2.14. The van der Waals surface area contributed by atoms with Gasteiger partial charge in [0.2, 0.25) is 0 Å². The van der Waals surface area contributed by atoms with E-state index in [1.165, 1.54) is 16.0 Å². The lowest BCUT2D eigenvalue weighted by atomic mass is 9.97. The highest BCUT2D eigenvalue weighted by Crippen LogP contribution is 2.36. The van der Waals surface area contributed by atoms with Crippen molar-refractivity contribution in [1.82, 2.24) is 0 Å². The van der Waals surface area contributed by atoms with Crippen LogP contribution in [0, 0.1) is 0 Å². The van der Waals surface area contributed by atoms with Gasteiger partial charge in [0.15, 0.2) is 0 Å². The van der Waals surface area contributed by atoms with Crippen LogP contribution < -0.4 is 10.5 Å². The molecule has 2 N–H and O–H groups in total. The van der Waals surface area contributed by atoms with Gasteiger partial charge in [0.1, 0.15) is 5.75 Å². The average Bonchev–Trinajstić information content (AvgIpc) is 2.95. The molecule has 1 aliphatic rings. The molecule has 2 aromatic rings. The molecule has 21 heavy (non-hydrogen) atoms. The molecule has 0 radical (unpaired) electrons. The van der Waals surface area contributed by atoms with Crippen LogP contribution >= 0.6 is 23.4 Å². The van der Waals surface area contributed by atoms with Crippen molar-refractivity contribution in [3.63, 3.8) is 0 Å². The second-order valence-electron chi connectivity index (χ2n) is 5.20. The van der Waals surface area contributed by atoms with E-state index in [0.29, 0.717) is 0 Å². The number of thioether (sulfide) groups is 1. The molecule has 2 nitrogen and oxygen atoms in total. The monoisotopic (exact) mass is 319 g/mol. The summed E-state index contributed by atoms with van der Waals surface area (Å²) in [7, 11) is 0. The van der Waals surface area contributed by atoms with E-state index < -0.39 is 0 Å². The van der Waals surface area contributed by atoms with Crippen LogP contribution in [0.15, 0.2) is 41.3 Å². The molecule has 0 aliphatic carbocycles. The Bertz CT molecular complexity index is 659. The van der Waals surface area contributed by atoms with Crippen molar-refractivity contribution in [2.75, 3.05) is 12.9 Å². The van der Waals surface area contributed by atoms with Crippen molar-refractivity contribution < 1.29 is 4.74 Å². The van der Waals surface area contributed by atoms with E-state index in [0.717, 1.165) is 35.8 Å². The number of halogens is 1. The average molecular weight is 320 g/mol. The SMILES string of the molecule is CSc1ccccc1C(N)Cc1cc(Cl)cc2c1OCC2. The number of rotatable bonds is 4. The molecule has 3 rings (SSSR count). The Balaban J connectivity index is 1.90. The summed E-state index contributed by atoms with van der Waals surface area (Å²) in [4.78, 5) is 1.23. The third kappa shape index (κ3) is 3.05. The van der Waals surface area contributed by atoms with Crippen molar-refractivity contribution >= 4 is 23.4 Å². The summed E-state index contributed by atoms with van der Waals surface area (Å²) >= 11 is 7.94. The Hall–Kier alpha value is -1.16. The number of hydrogen-bond acceptors (Lipinski definition) is 3. The van der Waals surface area contributed by atoms with E-state index >= 15 is 0 Å². The van der Waals surface area contributed by atoms with Crippen molar-refractivity contribution in [2.24, 2.45) is 5.73 Å². The summed E-state index contributed by atoms with van der Waals surface area (Å²) in [5.41, 5.74) is 9.92. The van der Waals surface area contributed by atoms with Gasteiger partial charge in [-0.1, -0.05) is 29.8 Å². The van der Waals surface area contributed by atoms with Crippen LogP contribution in [0.2, 0.25) is 5.02 Å². The first-order valence-electron chi connectivity index (χ1n) is 7.01. The van der Waals surface area contributed by atoms with Gasteiger partial charge < -0.3 is 10.5 Å². The number of fused-ring (bicyclic) bond motifs is 1. The molecule has 1 aliphatic heterocycles. The Labute approximate surface area is 134 Å². The van der Waals surface area contributed by atoms with Gasteiger partial charge in [-0.05, 0) is 47.6 Å². The topological polar surface area (TPSA) is 35.2 Å². The molecule has 0 saturated heterocycles. The lowest BCUT2D eigenvalue weighted by Gasteiger charge is -2.17. The highest BCUT2D eigenvalue weighted by atomic mass is 35.5. The fourth-order valence-corrected chi connectivity index (χ4v) is 3.75. The quantitative estimate of drug-likeness (QED) is 0.856. The maximum absolute atomic E-state index is 6.44. The van der Waals surface area contributed by atoms with Gasteiger partial charge in [-0.15, -0.1) is 11.8 Å². The van der Waals surface area contributed by atoms with Gasteiger partial charge >= 0.3 is 0 Å². The van der Waals surface area contributed by atoms with Gasteiger partial charge in [-0.3, -0.25) is 0 Å². The van der Waals surface area contributed by atoms with Crippen LogP contribution in [0.1, 0.15) is 22.7 Å². The van der Waals surface area contributed by atoms with Crippen LogP contribution in [-0.2, 0) is 12.8 Å². The first kappa shape index (κ1) is 14.8. The van der Waals surface area contributed by atoms with Gasteiger partial charge in [0.05, 0.1) is 6.61 Å². The van der Waals surface area contributed by atoms with Gasteiger partial charge in [-0.2, -0.15) is 0 Å². The number of hydrogen-bond donors (Lipinski definition) is 1. The molecule has 0 spiro atoms. The predicted molar refractivity (Wildman–Crippen MR) is 89.5 cm³/mol. The summed E-state index contributed by atoms with van der Waals surface area (Å²) in [5, 5.41) is 0.764. The number of benzene rings is 2. The molecule has 0 bridgehead atoms. The molecule has 110 valence electrons. The van der Waals surface area contributed by atoms with Crippen molar-refractivity contribution in [3.05, 3.63) is 58.1 Å². The second kappa shape index (κ2) is 6.30. The summed E-state index contributed by atoms with van der Waals surface area (Å²) < 4.78 is 5.76. The smallest absolute Gasteiger partial charge is 0.125 e. The van der Waals surface area contributed by atoms with E-state index in [1.54, 1.807) is 11.8 Å². The second-order valence-corrected chi connectivity index (χ2v) is 6.49. The Kier molecular flexibility index (Phi) is 4.43. The van der Waals surface area contributed by atoms with E-state index in [-0.39, 0.29) is 6.04 Å². The molecule has 2 aromatic carbocycles. The standard InChI is InChI=1S/C17H18ClNOS/c1-21-16-5-3-2-4-14(16)15(19)10-12-9-13(18)8-11-6-7-20-17(11)12/h2-5,8-9,15H,6-7,10,19H2,1H3. The molecule has 0 aromatic heterocycles. The Morgan fingerprint density at radius 1 is 1.33 bits per heavy atom. The molecule has 0 saturated carbocycles. The fraction of sp³-hybridized carbons (Fsp3) is 0.294. The zero-order valence-corrected chi connectivity index (χ0v) is 13.5. The van der Waals surface area contributed by atoms with E-state index in [2.05, 4.69) is 18.4 Å². The van der Waals surface area contributed by atoms with Gasteiger partial charge in [-0.25, -0.2) is 0 Å². The molecular weight excluding hydrogens is 302 g/mol. The van der Waals surface area contributed by atoms with Crippen molar-refractivity contribution in [3.8, 4) is 5.75 Å². The van der Waals surface area contributed by atoms with Crippen LogP contribution in [0.3, 0.4) is 0 Å². The van der Waals surface area contributed by atoms with Crippen molar-refractivity contribution in [1.29, 1.82) is 0 Å². The lowest BCUT2D eigenvalue weighted by molar-refractivity contribution is 0.352. The number of nitrogens with two attached hydrogens (primary N) is 1. The summed E-state index contributed by atoms with van der Waals surface area (Å²) in [6.45, 7) is 0.735. The van der Waals surface area contributed by atoms with E-state index in [9.17, 15) is 0 Å². The highest BCUT2D eigenvalue weighted by Gasteiger charge is 2.20. The molecule has 0 fully saturated rings. The van der Waals surface area contributed by atoms with Crippen LogP contribution in [0.5, 0.6) is 5.75 Å². The minimum atomic E-state index is -0.0552. The molecule has 1 unspecified atom stereocenters. The predicted octanol–water partition coefficient (Wildman–Crippen LogP) is 4.24. The highest BCUT2D eigenvalue weighted by molar-refractivity contribution is 7.98. The molecule has 4 heteroatoms.